The van der Waals surface area contributed by atoms with Crippen molar-refractivity contribution in [2.24, 2.45) is 5.73 Å². The minimum absolute atomic E-state index is 0.0502. The lowest BCUT2D eigenvalue weighted by Gasteiger charge is -2.13. The third kappa shape index (κ3) is 5.82. The van der Waals surface area contributed by atoms with Gasteiger partial charge in [-0.2, -0.15) is 0 Å². The molecule has 0 spiro atoms. The summed E-state index contributed by atoms with van der Waals surface area (Å²) in [6.07, 6.45) is 0.308. The SMILES string of the molecule is CCOC(=O)c1c(NC(=O)COc2ccc(CC(N)=O)cc2)sc2c1CCS(=O)(=O)C2. The number of nitrogens with one attached hydrogen (secondary N) is 1. The molecule has 1 aromatic heterocycles. The summed E-state index contributed by atoms with van der Waals surface area (Å²) in [4.78, 5) is 36.3. The molecule has 3 N–H and O–H groups in total. The quantitative estimate of drug-likeness (QED) is 0.561. The fraction of sp³-hybridized carbons (Fsp3) is 0.350. The van der Waals surface area contributed by atoms with E-state index in [1.54, 1.807) is 31.2 Å². The van der Waals surface area contributed by atoms with Gasteiger partial charge in [-0.3, -0.25) is 9.59 Å². The normalized spacial score (nSPS) is 14.4. The minimum Gasteiger partial charge on any atom is -0.484 e. The molecule has 2 aromatic rings. The van der Waals surface area contributed by atoms with Gasteiger partial charge >= 0.3 is 5.97 Å². The molecule has 3 rings (SSSR count). The number of hydrogen-bond acceptors (Lipinski definition) is 8. The molecule has 9 nitrogen and oxygen atoms in total. The number of thiophene rings is 1. The Bertz CT molecular complexity index is 1110. The van der Waals surface area contributed by atoms with Crippen molar-refractivity contribution in [3.63, 3.8) is 0 Å². The van der Waals surface area contributed by atoms with E-state index in [0.29, 0.717) is 16.2 Å². The maximum Gasteiger partial charge on any atom is 0.341 e. The summed E-state index contributed by atoms with van der Waals surface area (Å²) >= 11 is 1.06. The number of carbonyl (C=O) groups is 3. The highest BCUT2D eigenvalue weighted by Gasteiger charge is 2.32. The molecule has 0 atom stereocenters. The molecule has 0 aliphatic carbocycles. The number of primary amides is 1. The van der Waals surface area contributed by atoms with Crippen LogP contribution >= 0.6 is 11.3 Å². The van der Waals surface area contributed by atoms with Crippen LogP contribution in [0.3, 0.4) is 0 Å². The second-order valence-corrected chi connectivity index (χ2v) is 10.2. The highest BCUT2D eigenvalue weighted by molar-refractivity contribution is 7.90. The predicted octanol–water partition coefficient (Wildman–Crippen LogP) is 1.44. The molecule has 1 aromatic carbocycles. The number of hydrogen-bond donors (Lipinski definition) is 2. The van der Waals surface area contributed by atoms with Crippen LogP contribution in [0.5, 0.6) is 5.75 Å². The molecular weight excluding hydrogens is 444 g/mol. The minimum atomic E-state index is -3.23. The van der Waals surface area contributed by atoms with Crippen molar-refractivity contribution in [3.8, 4) is 5.75 Å². The van der Waals surface area contributed by atoms with Gasteiger partial charge in [0.25, 0.3) is 5.91 Å². The number of benzene rings is 1. The molecule has 0 radical (unpaired) electrons. The van der Waals surface area contributed by atoms with Gasteiger partial charge in [0.05, 0.1) is 30.1 Å². The van der Waals surface area contributed by atoms with Gasteiger partial charge < -0.3 is 20.5 Å². The van der Waals surface area contributed by atoms with E-state index in [4.69, 9.17) is 15.2 Å². The third-order valence-electron chi connectivity index (χ3n) is 4.51. The first kappa shape index (κ1) is 22.8. The molecule has 31 heavy (non-hydrogen) atoms. The monoisotopic (exact) mass is 466 g/mol. The summed E-state index contributed by atoms with van der Waals surface area (Å²) in [6.45, 7) is 1.50. The Hall–Kier alpha value is -2.92. The average molecular weight is 467 g/mol. The van der Waals surface area contributed by atoms with E-state index < -0.39 is 27.6 Å². The van der Waals surface area contributed by atoms with Crippen LogP contribution in [0.2, 0.25) is 0 Å². The molecule has 2 amide bonds. The van der Waals surface area contributed by atoms with Gasteiger partial charge in [0.15, 0.2) is 16.4 Å². The summed E-state index contributed by atoms with van der Waals surface area (Å²) < 4.78 is 34.4. The maximum atomic E-state index is 12.4. The van der Waals surface area contributed by atoms with Gasteiger partial charge in [-0.05, 0) is 36.6 Å². The highest BCUT2D eigenvalue weighted by atomic mass is 32.2. The van der Waals surface area contributed by atoms with E-state index >= 15 is 0 Å². The Morgan fingerprint density at radius 2 is 1.90 bits per heavy atom. The number of esters is 1. The van der Waals surface area contributed by atoms with Crippen LogP contribution in [0.1, 0.15) is 33.3 Å². The first-order valence-electron chi connectivity index (χ1n) is 9.50. The average Bonchev–Trinajstić information content (AvgIpc) is 3.02. The zero-order chi connectivity index (χ0) is 22.6. The van der Waals surface area contributed by atoms with Crippen molar-refractivity contribution in [2.45, 2.75) is 25.5 Å². The summed E-state index contributed by atoms with van der Waals surface area (Å²) in [5.41, 5.74) is 6.69. The Morgan fingerprint density at radius 1 is 1.19 bits per heavy atom. The van der Waals surface area contributed by atoms with Gasteiger partial charge in [-0.1, -0.05) is 12.1 Å². The van der Waals surface area contributed by atoms with Gasteiger partial charge in [0, 0.05) is 4.88 Å². The Labute approximate surface area is 183 Å². The number of carbonyl (C=O) groups excluding carboxylic acids is 3. The lowest BCUT2D eigenvalue weighted by molar-refractivity contribution is -0.118. The summed E-state index contributed by atoms with van der Waals surface area (Å²) in [7, 11) is -3.23. The fourth-order valence-corrected chi connectivity index (χ4v) is 6.20. The van der Waals surface area contributed by atoms with Crippen molar-refractivity contribution in [3.05, 3.63) is 45.8 Å². The summed E-state index contributed by atoms with van der Waals surface area (Å²) in [5.74, 6) is -1.34. The number of sulfone groups is 1. The first-order valence-corrected chi connectivity index (χ1v) is 12.1. The highest BCUT2D eigenvalue weighted by Crippen LogP contribution is 2.38. The standard InChI is InChI=1S/C20H22N2O7S2/c1-2-28-20(25)18-14-7-8-31(26,27)11-15(14)30-19(18)22-17(24)10-29-13-5-3-12(4-6-13)9-16(21)23/h3-6H,2,7-11H2,1H3,(H2,21,23)(H,22,24). The molecule has 0 fully saturated rings. The van der Waals surface area contributed by atoms with Crippen LogP contribution in [-0.2, 0) is 42.8 Å². The Balaban J connectivity index is 1.71. The largest absolute Gasteiger partial charge is 0.484 e. The number of ether oxygens (including phenoxy) is 2. The molecule has 1 aliphatic rings. The molecule has 11 heteroatoms. The summed E-state index contributed by atoms with van der Waals surface area (Å²) in [6, 6.07) is 6.57. The zero-order valence-corrected chi connectivity index (χ0v) is 18.4. The van der Waals surface area contributed by atoms with E-state index in [1.165, 1.54) is 0 Å². The van der Waals surface area contributed by atoms with Gasteiger partial charge in [0.2, 0.25) is 5.91 Å². The molecular formula is C20H22N2O7S2. The van der Waals surface area contributed by atoms with Crippen LogP contribution in [0.25, 0.3) is 0 Å². The molecule has 0 saturated heterocycles. The second kappa shape index (κ2) is 9.48. The maximum absolute atomic E-state index is 12.4. The molecule has 2 heterocycles. The first-order chi connectivity index (χ1) is 14.7. The summed E-state index contributed by atoms with van der Waals surface area (Å²) in [5, 5.41) is 2.90. The van der Waals surface area contributed by atoms with E-state index in [2.05, 4.69) is 5.32 Å². The van der Waals surface area contributed by atoms with Crippen molar-refractivity contribution in [1.29, 1.82) is 0 Å². The van der Waals surface area contributed by atoms with Crippen molar-refractivity contribution in [1.82, 2.24) is 0 Å². The van der Waals surface area contributed by atoms with Gasteiger partial charge in [-0.25, -0.2) is 13.2 Å². The van der Waals surface area contributed by atoms with Crippen LogP contribution in [0.4, 0.5) is 5.00 Å². The van der Waals surface area contributed by atoms with Crippen LogP contribution in [-0.4, -0.2) is 45.2 Å². The molecule has 0 bridgehead atoms. The second-order valence-electron chi connectivity index (χ2n) is 6.89. The molecule has 166 valence electrons. The van der Waals surface area contributed by atoms with E-state index in [-0.39, 0.29) is 48.1 Å². The van der Waals surface area contributed by atoms with Crippen LogP contribution in [0, 0.1) is 0 Å². The number of anilines is 1. The van der Waals surface area contributed by atoms with E-state index in [0.717, 1.165) is 16.9 Å². The van der Waals surface area contributed by atoms with Crippen LogP contribution in [0.15, 0.2) is 24.3 Å². The van der Waals surface area contributed by atoms with Crippen molar-refractivity contribution < 1.29 is 32.3 Å². The zero-order valence-electron chi connectivity index (χ0n) is 16.8. The van der Waals surface area contributed by atoms with Crippen molar-refractivity contribution >= 4 is 44.0 Å². The van der Waals surface area contributed by atoms with Crippen molar-refractivity contribution in [2.75, 3.05) is 24.3 Å². The van der Waals surface area contributed by atoms with E-state index in [1.807, 2.05) is 0 Å². The molecule has 1 aliphatic heterocycles. The Morgan fingerprint density at radius 3 is 2.55 bits per heavy atom. The number of amides is 2. The number of rotatable bonds is 8. The molecule has 0 unspecified atom stereocenters. The Kier molecular flexibility index (Phi) is 6.96. The van der Waals surface area contributed by atoms with Gasteiger partial charge in [0.1, 0.15) is 10.8 Å². The number of fused-ring (bicyclic) bond motifs is 1. The fourth-order valence-electron chi connectivity index (χ4n) is 3.15. The lowest BCUT2D eigenvalue weighted by Crippen LogP contribution is -2.22. The third-order valence-corrected chi connectivity index (χ3v) is 7.39. The lowest BCUT2D eigenvalue weighted by atomic mass is 10.1. The number of nitrogens with two attached hydrogens (primary N) is 1. The van der Waals surface area contributed by atoms with Gasteiger partial charge in [-0.15, -0.1) is 11.3 Å². The topological polar surface area (TPSA) is 142 Å². The van der Waals surface area contributed by atoms with Crippen LogP contribution < -0.4 is 15.8 Å². The smallest absolute Gasteiger partial charge is 0.341 e. The predicted molar refractivity (Wildman–Crippen MR) is 115 cm³/mol. The van der Waals surface area contributed by atoms with E-state index in [9.17, 15) is 22.8 Å². The molecule has 0 saturated carbocycles.